The molecule has 0 unspecified atom stereocenters. The van der Waals surface area contributed by atoms with Crippen LogP contribution in [0.1, 0.15) is 37.2 Å². The van der Waals surface area contributed by atoms with Gasteiger partial charge < -0.3 is 8.83 Å². The molecule has 0 saturated carbocycles. The SMILES string of the molecule is O=C(CCCCC(=O)N/N=C/c1ccco1)N/N=C\c1ccco1. The van der Waals surface area contributed by atoms with Gasteiger partial charge in [0.15, 0.2) is 0 Å². The topological polar surface area (TPSA) is 109 Å². The summed E-state index contributed by atoms with van der Waals surface area (Å²) in [7, 11) is 0. The normalized spacial score (nSPS) is 11.2. The van der Waals surface area contributed by atoms with Crippen LogP contribution in [0, 0.1) is 0 Å². The molecular formula is C16H18N4O4. The fourth-order valence-corrected chi connectivity index (χ4v) is 1.75. The standard InChI is InChI=1S/C16H18N4O4/c21-15(19-17-11-13-5-3-9-23-13)7-1-2-8-16(22)20-18-12-14-6-4-10-24-14/h3-6,9-12H,1-2,7-8H2,(H,19,21)(H,20,22)/b17-11-,18-12+. The van der Waals surface area contributed by atoms with Gasteiger partial charge in [0.1, 0.15) is 11.5 Å². The Morgan fingerprint density at radius 3 is 1.71 bits per heavy atom. The summed E-state index contributed by atoms with van der Waals surface area (Å²) in [4.78, 5) is 23.1. The zero-order valence-corrected chi connectivity index (χ0v) is 13.0. The van der Waals surface area contributed by atoms with E-state index in [1.54, 1.807) is 24.3 Å². The van der Waals surface area contributed by atoms with Gasteiger partial charge in [-0.25, -0.2) is 10.9 Å². The minimum Gasteiger partial charge on any atom is -0.463 e. The van der Waals surface area contributed by atoms with Gasteiger partial charge in [-0.15, -0.1) is 0 Å². The fourth-order valence-electron chi connectivity index (χ4n) is 1.75. The summed E-state index contributed by atoms with van der Waals surface area (Å²) in [5, 5.41) is 7.53. The van der Waals surface area contributed by atoms with Crippen LogP contribution in [-0.2, 0) is 9.59 Å². The van der Waals surface area contributed by atoms with Gasteiger partial charge in [0.2, 0.25) is 11.8 Å². The average Bonchev–Trinajstić information content (AvgIpc) is 3.25. The smallest absolute Gasteiger partial charge is 0.240 e. The molecule has 0 aliphatic heterocycles. The van der Waals surface area contributed by atoms with Gasteiger partial charge in [0, 0.05) is 12.8 Å². The number of nitrogens with one attached hydrogen (secondary N) is 2. The van der Waals surface area contributed by atoms with Crippen LogP contribution in [0.4, 0.5) is 0 Å². The highest BCUT2D eigenvalue weighted by atomic mass is 16.3. The summed E-state index contributed by atoms with van der Waals surface area (Å²) in [6.07, 6.45) is 7.62. The molecule has 2 aromatic rings. The molecule has 24 heavy (non-hydrogen) atoms. The number of hydrazone groups is 2. The van der Waals surface area contributed by atoms with Crippen LogP contribution < -0.4 is 10.9 Å². The molecule has 0 atom stereocenters. The number of amides is 2. The minimum absolute atomic E-state index is 0.214. The molecular weight excluding hydrogens is 312 g/mol. The zero-order chi connectivity index (χ0) is 17.0. The molecule has 2 heterocycles. The van der Waals surface area contributed by atoms with Crippen LogP contribution >= 0.6 is 0 Å². The van der Waals surface area contributed by atoms with Gasteiger partial charge in [0.25, 0.3) is 0 Å². The number of furan rings is 2. The van der Waals surface area contributed by atoms with Crippen molar-refractivity contribution in [2.75, 3.05) is 0 Å². The largest absolute Gasteiger partial charge is 0.463 e. The first kappa shape index (κ1) is 17.2. The van der Waals surface area contributed by atoms with E-state index in [1.807, 2.05) is 0 Å². The molecule has 0 radical (unpaired) electrons. The Hall–Kier alpha value is -3.16. The molecule has 0 bridgehead atoms. The van der Waals surface area contributed by atoms with Gasteiger partial charge >= 0.3 is 0 Å². The minimum atomic E-state index is -0.214. The molecule has 126 valence electrons. The van der Waals surface area contributed by atoms with E-state index in [0.717, 1.165) is 0 Å². The Balaban J connectivity index is 1.52. The predicted octanol–water partition coefficient (Wildman–Crippen LogP) is 2.03. The third-order valence-corrected chi connectivity index (χ3v) is 2.91. The molecule has 2 rings (SSSR count). The van der Waals surface area contributed by atoms with Gasteiger partial charge in [-0.3, -0.25) is 9.59 Å². The van der Waals surface area contributed by atoms with Gasteiger partial charge in [-0.2, -0.15) is 10.2 Å². The van der Waals surface area contributed by atoms with Crippen LogP contribution in [0.2, 0.25) is 0 Å². The maximum absolute atomic E-state index is 11.5. The van der Waals surface area contributed by atoms with E-state index < -0.39 is 0 Å². The van der Waals surface area contributed by atoms with Gasteiger partial charge in [-0.1, -0.05) is 0 Å². The maximum Gasteiger partial charge on any atom is 0.240 e. The van der Waals surface area contributed by atoms with Crippen LogP contribution in [0.25, 0.3) is 0 Å². The van der Waals surface area contributed by atoms with Crippen molar-refractivity contribution in [3.8, 4) is 0 Å². The predicted molar refractivity (Wildman–Crippen MR) is 87.4 cm³/mol. The first-order valence-electron chi connectivity index (χ1n) is 7.45. The summed E-state index contributed by atoms with van der Waals surface area (Å²) in [5.74, 6) is 0.687. The van der Waals surface area contributed by atoms with E-state index in [9.17, 15) is 9.59 Å². The van der Waals surface area contributed by atoms with E-state index in [2.05, 4.69) is 21.1 Å². The van der Waals surface area contributed by atoms with Gasteiger partial charge in [-0.05, 0) is 37.1 Å². The number of unbranched alkanes of at least 4 members (excludes halogenated alkanes) is 1. The molecule has 0 aliphatic carbocycles. The van der Waals surface area contributed by atoms with Crippen molar-refractivity contribution in [3.05, 3.63) is 48.3 Å². The molecule has 2 N–H and O–H groups in total. The Bertz CT molecular complexity index is 615. The lowest BCUT2D eigenvalue weighted by molar-refractivity contribution is -0.123. The van der Waals surface area contributed by atoms with Crippen LogP contribution in [0.15, 0.2) is 55.8 Å². The van der Waals surface area contributed by atoms with E-state index >= 15 is 0 Å². The molecule has 0 aliphatic rings. The lowest BCUT2D eigenvalue weighted by Crippen LogP contribution is -2.18. The lowest BCUT2D eigenvalue weighted by atomic mass is 10.2. The molecule has 0 aromatic carbocycles. The summed E-state index contributed by atoms with van der Waals surface area (Å²) < 4.78 is 10.1. The van der Waals surface area contributed by atoms with Crippen LogP contribution in [0.3, 0.4) is 0 Å². The molecule has 0 saturated heterocycles. The Labute approximate surface area is 138 Å². The van der Waals surface area contributed by atoms with Crippen molar-refractivity contribution in [2.24, 2.45) is 10.2 Å². The van der Waals surface area contributed by atoms with Crippen molar-refractivity contribution in [2.45, 2.75) is 25.7 Å². The second-order valence-corrected chi connectivity index (χ2v) is 4.82. The number of carbonyl (C=O) groups is 2. The number of nitrogens with zero attached hydrogens (tertiary/aromatic N) is 2. The van der Waals surface area contributed by atoms with Crippen molar-refractivity contribution < 1.29 is 18.4 Å². The summed E-state index contributed by atoms with van der Waals surface area (Å²) in [6, 6.07) is 6.91. The van der Waals surface area contributed by atoms with Crippen molar-refractivity contribution in [3.63, 3.8) is 0 Å². The summed E-state index contributed by atoms with van der Waals surface area (Å²) >= 11 is 0. The quantitative estimate of drug-likeness (QED) is 0.416. The molecule has 0 spiro atoms. The summed E-state index contributed by atoms with van der Waals surface area (Å²) in [6.45, 7) is 0. The molecule has 8 heteroatoms. The second-order valence-electron chi connectivity index (χ2n) is 4.82. The fraction of sp³-hybridized carbons (Fsp3) is 0.250. The monoisotopic (exact) mass is 330 g/mol. The molecule has 0 fully saturated rings. The molecule has 8 nitrogen and oxygen atoms in total. The van der Waals surface area contributed by atoms with E-state index in [4.69, 9.17) is 8.83 Å². The molecule has 2 aromatic heterocycles. The van der Waals surface area contributed by atoms with E-state index in [1.165, 1.54) is 25.0 Å². The third kappa shape index (κ3) is 6.73. The number of hydrogen-bond acceptors (Lipinski definition) is 6. The van der Waals surface area contributed by atoms with Crippen molar-refractivity contribution in [1.29, 1.82) is 0 Å². The lowest BCUT2D eigenvalue weighted by Gasteiger charge is -2.00. The Kier molecular flexibility index (Phi) is 7.00. The number of rotatable bonds is 9. The average molecular weight is 330 g/mol. The molecule has 2 amide bonds. The van der Waals surface area contributed by atoms with Crippen LogP contribution in [-0.4, -0.2) is 24.2 Å². The maximum atomic E-state index is 11.5. The van der Waals surface area contributed by atoms with Gasteiger partial charge in [0.05, 0.1) is 25.0 Å². The highest BCUT2D eigenvalue weighted by molar-refractivity contribution is 5.81. The number of carbonyl (C=O) groups excluding carboxylic acids is 2. The van der Waals surface area contributed by atoms with Crippen molar-refractivity contribution >= 4 is 24.2 Å². The Morgan fingerprint density at radius 1 is 0.875 bits per heavy atom. The Morgan fingerprint density at radius 2 is 1.33 bits per heavy atom. The second kappa shape index (κ2) is 9.78. The highest BCUT2D eigenvalue weighted by Gasteiger charge is 2.03. The third-order valence-electron chi connectivity index (χ3n) is 2.91. The van der Waals surface area contributed by atoms with E-state index in [-0.39, 0.29) is 11.8 Å². The first-order chi connectivity index (χ1) is 11.7. The van der Waals surface area contributed by atoms with Crippen molar-refractivity contribution in [1.82, 2.24) is 10.9 Å². The first-order valence-corrected chi connectivity index (χ1v) is 7.45. The summed E-state index contributed by atoms with van der Waals surface area (Å²) in [5.41, 5.74) is 4.79. The zero-order valence-electron chi connectivity index (χ0n) is 13.0. The van der Waals surface area contributed by atoms with Crippen LogP contribution in [0.5, 0.6) is 0 Å². The van der Waals surface area contributed by atoms with E-state index in [0.29, 0.717) is 37.2 Å². The number of hydrogen-bond donors (Lipinski definition) is 2. The highest BCUT2D eigenvalue weighted by Crippen LogP contribution is 2.00.